The van der Waals surface area contributed by atoms with E-state index in [9.17, 15) is 24.9 Å². The largest absolute Gasteiger partial charge is 0.493 e. The lowest BCUT2D eigenvalue weighted by atomic mass is 9.84. The summed E-state index contributed by atoms with van der Waals surface area (Å²) in [5.74, 6) is 1.86. The SMILES string of the molecule is COc1cc(CO)cc(I)c1OC1C=C(C(=O)NCCO)CC(N(Cc2ccc(Cl)cc2)C(=O)CC2CC3CCC2C3)C1O. The summed E-state index contributed by atoms with van der Waals surface area (Å²) in [6.07, 6.45) is 4.58. The van der Waals surface area contributed by atoms with Crippen LogP contribution < -0.4 is 14.8 Å². The van der Waals surface area contributed by atoms with Gasteiger partial charge in [-0.1, -0.05) is 30.2 Å². The van der Waals surface area contributed by atoms with Gasteiger partial charge in [0.15, 0.2) is 11.5 Å². The van der Waals surface area contributed by atoms with E-state index in [0.29, 0.717) is 55.4 Å². The summed E-state index contributed by atoms with van der Waals surface area (Å²) in [7, 11) is 1.49. The fourth-order valence-corrected chi connectivity index (χ4v) is 7.96. The van der Waals surface area contributed by atoms with E-state index in [-0.39, 0.29) is 38.6 Å². The predicted octanol–water partition coefficient (Wildman–Crippen LogP) is 4.22. The maximum absolute atomic E-state index is 14.2. The van der Waals surface area contributed by atoms with Crippen LogP contribution in [0.5, 0.6) is 11.5 Å². The molecule has 11 heteroatoms. The average Bonchev–Trinajstić information content (AvgIpc) is 3.65. The van der Waals surface area contributed by atoms with Crippen LogP contribution in [0.3, 0.4) is 0 Å². The second-order valence-corrected chi connectivity index (χ2v) is 13.7. The van der Waals surface area contributed by atoms with Gasteiger partial charge in [-0.05, 0) is 101 Å². The maximum Gasteiger partial charge on any atom is 0.247 e. The number of hydrogen-bond donors (Lipinski definition) is 4. The number of amides is 2. The molecule has 5 rings (SSSR count). The number of fused-ring (bicyclic) bond motifs is 2. The molecule has 0 aromatic heterocycles. The first-order valence-corrected chi connectivity index (χ1v) is 16.6. The Morgan fingerprint density at radius 2 is 1.89 bits per heavy atom. The lowest BCUT2D eigenvalue weighted by molar-refractivity contribution is -0.141. The zero-order valence-electron chi connectivity index (χ0n) is 24.8. The topological polar surface area (TPSA) is 129 Å². The van der Waals surface area contributed by atoms with Gasteiger partial charge in [0, 0.05) is 36.5 Å². The van der Waals surface area contributed by atoms with Gasteiger partial charge in [-0.15, -0.1) is 0 Å². The summed E-state index contributed by atoms with van der Waals surface area (Å²) in [5.41, 5.74) is 1.85. The Morgan fingerprint density at radius 1 is 1.11 bits per heavy atom. The molecular formula is C33H40ClIN2O7. The summed E-state index contributed by atoms with van der Waals surface area (Å²) in [5, 5.41) is 34.2. The molecule has 2 saturated carbocycles. The normalized spacial score (nSPS) is 25.8. The van der Waals surface area contributed by atoms with Crippen LogP contribution in [-0.2, 0) is 22.7 Å². The van der Waals surface area contributed by atoms with Gasteiger partial charge >= 0.3 is 0 Å². The van der Waals surface area contributed by atoms with Crippen molar-refractivity contribution in [3.8, 4) is 11.5 Å². The minimum Gasteiger partial charge on any atom is -0.493 e. The molecule has 2 bridgehead atoms. The monoisotopic (exact) mass is 738 g/mol. The molecule has 6 unspecified atom stereocenters. The lowest BCUT2D eigenvalue weighted by Crippen LogP contribution is -2.55. The van der Waals surface area contributed by atoms with E-state index in [1.807, 2.05) is 12.1 Å². The summed E-state index contributed by atoms with van der Waals surface area (Å²) in [4.78, 5) is 29.1. The number of halogens is 2. The Bertz CT molecular complexity index is 1370. The number of carbonyl (C=O) groups is 2. The molecule has 3 aliphatic rings. The van der Waals surface area contributed by atoms with Crippen molar-refractivity contribution in [3.05, 3.63) is 67.8 Å². The Kier molecular flexibility index (Phi) is 11.1. The first-order valence-electron chi connectivity index (χ1n) is 15.2. The number of carbonyl (C=O) groups excluding carboxylic acids is 2. The molecule has 4 N–H and O–H groups in total. The van der Waals surface area contributed by atoms with Crippen LogP contribution in [0, 0.1) is 21.3 Å². The van der Waals surface area contributed by atoms with E-state index in [0.717, 1.165) is 18.4 Å². The highest BCUT2D eigenvalue weighted by Gasteiger charge is 2.44. The summed E-state index contributed by atoms with van der Waals surface area (Å²) < 4.78 is 12.6. The molecule has 3 aliphatic carbocycles. The number of aliphatic hydroxyl groups is 3. The summed E-state index contributed by atoms with van der Waals surface area (Å²) in [6.45, 7) is -0.0910. The fourth-order valence-electron chi connectivity index (χ4n) is 7.04. The Hall–Kier alpha value is -2.38. The second kappa shape index (κ2) is 14.8. The molecule has 2 amide bonds. The molecule has 9 nitrogen and oxygen atoms in total. The third-order valence-electron chi connectivity index (χ3n) is 9.25. The molecular weight excluding hydrogens is 699 g/mol. The van der Waals surface area contributed by atoms with Crippen LogP contribution in [0.4, 0.5) is 0 Å². The van der Waals surface area contributed by atoms with Crippen molar-refractivity contribution >= 4 is 46.0 Å². The van der Waals surface area contributed by atoms with Gasteiger partial charge in [0.2, 0.25) is 11.8 Å². The third kappa shape index (κ3) is 7.52. The fraction of sp³-hybridized carbons (Fsp3) is 0.515. The molecule has 0 saturated heterocycles. The molecule has 2 aromatic carbocycles. The first kappa shape index (κ1) is 33.0. The highest BCUT2D eigenvalue weighted by Crippen LogP contribution is 2.50. The lowest BCUT2D eigenvalue weighted by Gasteiger charge is -2.41. The molecule has 44 heavy (non-hydrogen) atoms. The number of ether oxygens (including phenoxy) is 2. The van der Waals surface area contributed by atoms with Crippen molar-refractivity contribution in [2.45, 2.75) is 69.9 Å². The zero-order valence-corrected chi connectivity index (χ0v) is 27.7. The van der Waals surface area contributed by atoms with E-state index in [1.165, 1.54) is 20.0 Å². The Morgan fingerprint density at radius 3 is 2.52 bits per heavy atom. The number of hydrogen-bond acceptors (Lipinski definition) is 7. The van der Waals surface area contributed by atoms with Crippen molar-refractivity contribution in [1.29, 1.82) is 0 Å². The number of nitrogens with zero attached hydrogens (tertiary/aromatic N) is 1. The van der Waals surface area contributed by atoms with Crippen molar-refractivity contribution in [3.63, 3.8) is 0 Å². The van der Waals surface area contributed by atoms with Crippen molar-refractivity contribution < 1.29 is 34.4 Å². The highest BCUT2D eigenvalue weighted by atomic mass is 127. The second-order valence-electron chi connectivity index (χ2n) is 12.1. The van der Waals surface area contributed by atoms with Crippen molar-refractivity contribution in [2.75, 3.05) is 20.3 Å². The maximum atomic E-state index is 14.2. The van der Waals surface area contributed by atoms with Crippen LogP contribution in [0.25, 0.3) is 0 Å². The third-order valence-corrected chi connectivity index (χ3v) is 10.3. The van der Waals surface area contributed by atoms with Gasteiger partial charge < -0.3 is 35.0 Å². The number of aliphatic hydroxyl groups excluding tert-OH is 3. The van der Waals surface area contributed by atoms with E-state index in [2.05, 4.69) is 27.9 Å². The number of nitrogens with one attached hydrogen (secondary N) is 1. The van der Waals surface area contributed by atoms with Crippen LogP contribution in [0.1, 0.15) is 49.7 Å². The number of benzene rings is 2. The summed E-state index contributed by atoms with van der Waals surface area (Å²) >= 11 is 8.23. The quantitative estimate of drug-likeness (QED) is 0.240. The molecule has 0 spiro atoms. The molecule has 2 fully saturated rings. The molecule has 0 aliphatic heterocycles. The number of rotatable bonds is 12. The highest BCUT2D eigenvalue weighted by molar-refractivity contribution is 14.1. The van der Waals surface area contributed by atoms with E-state index >= 15 is 0 Å². The zero-order chi connectivity index (χ0) is 31.4. The van der Waals surface area contributed by atoms with Gasteiger partial charge in [-0.3, -0.25) is 9.59 Å². The van der Waals surface area contributed by atoms with E-state index in [1.54, 1.807) is 35.2 Å². The number of methoxy groups -OCH3 is 1. The van der Waals surface area contributed by atoms with Crippen molar-refractivity contribution in [2.24, 2.45) is 17.8 Å². The minimum atomic E-state index is -1.17. The summed E-state index contributed by atoms with van der Waals surface area (Å²) in [6, 6.07) is 9.94. The Labute approximate surface area is 276 Å². The van der Waals surface area contributed by atoms with Crippen molar-refractivity contribution in [1.82, 2.24) is 10.2 Å². The van der Waals surface area contributed by atoms with Gasteiger partial charge in [0.25, 0.3) is 0 Å². The van der Waals surface area contributed by atoms with E-state index in [4.69, 9.17) is 21.1 Å². The molecule has 0 heterocycles. The molecule has 0 radical (unpaired) electrons. The molecule has 2 aromatic rings. The Balaban J connectivity index is 1.48. The predicted molar refractivity (Wildman–Crippen MR) is 174 cm³/mol. The van der Waals surface area contributed by atoms with Crippen LogP contribution >= 0.6 is 34.2 Å². The van der Waals surface area contributed by atoms with Crippen LogP contribution in [-0.4, -0.2) is 70.5 Å². The standard InChI is InChI=1S/C33H40ClIN2O7/c1-43-29-13-21(18-39)12-26(35)32(29)44-28-15-24(33(42)36-8-9-38)14-27(31(28)41)37(17-19-3-6-25(34)7-4-19)30(40)16-23-11-20-2-5-22(23)10-20/h3-4,6-7,12-13,15,20,22-23,27-28,31,38-39,41H,2,5,8-11,14,16-18H2,1H3,(H,36,42). The van der Waals surface area contributed by atoms with E-state index < -0.39 is 24.2 Å². The molecule has 6 atom stereocenters. The van der Waals surface area contributed by atoms with Crippen LogP contribution in [0.2, 0.25) is 5.02 Å². The van der Waals surface area contributed by atoms with Crippen LogP contribution in [0.15, 0.2) is 48.0 Å². The van der Waals surface area contributed by atoms with Gasteiger partial charge in [-0.25, -0.2) is 0 Å². The smallest absolute Gasteiger partial charge is 0.247 e. The van der Waals surface area contributed by atoms with Gasteiger partial charge in [0.05, 0.1) is 29.9 Å². The average molecular weight is 739 g/mol. The molecule has 238 valence electrons. The first-order chi connectivity index (χ1) is 21.2. The van der Waals surface area contributed by atoms with Gasteiger partial charge in [-0.2, -0.15) is 0 Å². The van der Waals surface area contributed by atoms with Gasteiger partial charge in [0.1, 0.15) is 12.2 Å². The minimum absolute atomic E-state index is 0.0585.